The van der Waals surface area contributed by atoms with Crippen molar-refractivity contribution in [2.24, 2.45) is 17.4 Å². The molecule has 23 nitrogen and oxygen atoms in total. The van der Waals surface area contributed by atoms with Gasteiger partial charge in [-0.15, -0.1) is 0 Å². The van der Waals surface area contributed by atoms with Crippen molar-refractivity contribution in [3.8, 4) is 0 Å². The van der Waals surface area contributed by atoms with Crippen LogP contribution >= 0.6 is 0 Å². The summed E-state index contributed by atoms with van der Waals surface area (Å²) in [4.78, 5) is 120. The maximum Gasteiger partial charge on any atom is 0.326 e. The average molecular weight is 719 g/mol. The molecule has 0 aliphatic carbocycles. The van der Waals surface area contributed by atoms with Crippen LogP contribution in [0.25, 0.3) is 0 Å². The number of rotatable bonds is 24. The summed E-state index contributed by atoms with van der Waals surface area (Å²) in [5, 5.41) is 45.7. The van der Waals surface area contributed by atoms with Crippen molar-refractivity contribution in [2.75, 3.05) is 45.9 Å². The first kappa shape index (κ1) is 44.6. The van der Waals surface area contributed by atoms with E-state index in [-0.39, 0.29) is 31.7 Å². The third-order valence-electron chi connectivity index (χ3n) is 6.25. The second-order valence-corrected chi connectivity index (χ2v) is 11.0. The van der Waals surface area contributed by atoms with Crippen molar-refractivity contribution in [1.82, 2.24) is 42.5 Å². The summed E-state index contributed by atoms with van der Waals surface area (Å²) >= 11 is 0. The van der Waals surface area contributed by atoms with E-state index in [1.165, 1.54) is 0 Å². The van der Waals surface area contributed by atoms with E-state index < -0.39 is 123 Å². The van der Waals surface area contributed by atoms with Gasteiger partial charge in [0.05, 0.1) is 45.9 Å². The van der Waals surface area contributed by atoms with Crippen molar-refractivity contribution >= 4 is 59.1 Å². The Morgan fingerprint density at radius 3 is 1.42 bits per heavy atom. The first-order valence-electron chi connectivity index (χ1n) is 15.1. The number of hydrogen-bond donors (Lipinski definition) is 13. The zero-order chi connectivity index (χ0) is 38.4. The SMILES string of the molecule is CC(C)C[C@H](NC(=O)[C@H](CO)NC(=O)CNC(=O)CNC(=O)CNC(=O)[C@H](CO)NC(=O)CNC(=O)CN)C(=O)N[C@@H](CCC(N)=O)C(=O)O. The third-order valence-corrected chi connectivity index (χ3v) is 6.25. The van der Waals surface area contributed by atoms with Gasteiger partial charge in [-0.05, 0) is 18.8 Å². The van der Waals surface area contributed by atoms with E-state index in [1.54, 1.807) is 13.8 Å². The lowest BCUT2D eigenvalue weighted by Gasteiger charge is -2.25. The van der Waals surface area contributed by atoms with Gasteiger partial charge in [0.25, 0.3) is 0 Å². The standard InChI is InChI=1S/C27H46N10O13/c1-13(2)5-15(25(47)36-14(27(49)50)3-4-18(29)40)37-26(48)17(12-39)35-23(45)10-32-20(42)7-31-21(43)8-33-24(46)16(11-38)34-22(44)9-30-19(41)6-28/h13-17,38-39H,3-12,28H2,1-2H3,(H2,29,40)(H,30,41)(H,31,43)(H,32,42)(H,33,46)(H,34,44)(H,35,45)(H,36,47)(H,37,48)(H,49,50)/t14-,15-,16-,17-/m0/s1. The van der Waals surface area contributed by atoms with Crippen molar-refractivity contribution in [3.63, 3.8) is 0 Å². The molecule has 282 valence electrons. The minimum absolute atomic E-state index is 0.0341. The Bertz CT molecular complexity index is 1250. The fourth-order valence-electron chi connectivity index (χ4n) is 3.69. The Morgan fingerprint density at radius 2 is 0.980 bits per heavy atom. The molecular weight excluding hydrogens is 672 g/mol. The summed E-state index contributed by atoms with van der Waals surface area (Å²) in [6, 6.07) is -5.82. The fourth-order valence-corrected chi connectivity index (χ4v) is 3.69. The molecular formula is C27H46N10O13. The molecule has 4 atom stereocenters. The Kier molecular flexibility index (Phi) is 21.2. The number of amides is 9. The smallest absolute Gasteiger partial charge is 0.326 e. The monoisotopic (exact) mass is 718 g/mol. The van der Waals surface area contributed by atoms with Crippen LogP contribution in [-0.4, -0.2) is 145 Å². The van der Waals surface area contributed by atoms with Crippen LogP contribution in [-0.2, 0) is 47.9 Å². The van der Waals surface area contributed by atoms with Crippen molar-refractivity contribution in [2.45, 2.75) is 57.3 Å². The predicted octanol–water partition coefficient (Wildman–Crippen LogP) is -8.27. The number of carbonyl (C=O) groups excluding carboxylic acids is 9. The van der Waals surface area contributed by atoms with E-state index in [0.29, 0.717) is 0 Å². The maximum atomic E-state index is 12.8. The highest BCUT2D eigenvalue weighted by atomic mass is 16.4. The number of nitrogens with two attached hydrogens (primary N) is 2. The maximum absolute atomic E-state index is 12.8. The first-order valence-corrected chi connectivity index (χ1v) is 15.1. The molecule has 0 aromatic carbocycles. The second kappa shape index (κ2) is 23.8. The Balaban J connectivity index is 4.85. The third kappa shape index (κ3) is 19.4. The highest BCUT2D eigenvalue weighted by Crippen LogP contribution is 2.07. The largest absolute Gasteiger partial charge is 0.480 e. The summed E-state index contributed by atoms with van der Waals surface area (Å²) in [5.74, 6) is -9.40. The number of carbonyl (C=O) groups is 10. The van der Waals surface area contributed by atoms with Crippen LogP contribution in [0.15, 0.2) is 0 Å². The molecule has 15 N–H and O–H groups in total. The summed E-state index contributed by atoms with van der Waals surface area (Å²) in [7, 11) is 0. The molecule has 9 amide bonds. The molecule has 0 radical (unpaired) electrons. The molecule has 0 fully saturated rings. The summed E-state index contributed by atoms with van der Waals surface area (Å²) < 4.78 is 0. The molecule has 0 aliphatic rings. The van der Waals surface area contributed by atoms with Gasteiger partial charge in [-0.3, -0.25) is 43.2 Å². The highest BCUT2D eigenvalue weighted by Gasteiger charge is 2.30. The zero-order valence-corrected chi connectivity index (χ0v) is 27.5. The fraction of sp³-hybridized carbons (Fsp3) is 0.630. The van der Waals surface area contributed by atoms with Crippen LogP contribution in [0.1, 0.15) is 33.1 Å². The van der Waals surface area contributed by atoms with Gasteiger partial charge in [-0.1, -0.05) is 13.8 Å². The second-order valence-electron chi connectivity index (χ2n) is 11.0. The number of nitrogens with one attached hydrogen (secondary N) is 8. The normalized spacial score (nSPS) is 12.9. The number of carboxylic acids is 1. The van der Waals surface area contributed by atoms with Gasteiger partial charge in [-0.25, -0.2) is 4.79 Å². The highest BCUT2D eigenvalue weighted by molar-refractivity contribution is 5.95. The minimum atomic E-state index is -1.59. The molecule has 0 heterocycles. The molecule has 23 heteroatoms. The number of primary amides is 1. The molecule has 0 bridgehead atoms. The molecule has 50 heavy (non-hydrogen) atoms. The predicted molar refractivity (Wildman–Crippen MR) is 169 cm³/mol. The molecule has 0 rings (SSSR count). The van der Waals surface area contributed by atoms with Crippen LogP contribution < -0.4 is 54.0 Å². The van der Waals surface area contributed by atoms with Gasteiger partial charge in [0.2, 0.25) is 53.2 Å². The lowest BCUT2D eigenvalue weighted by Crippen LogP contribution is -2.57. The van der Waals surface area contributed by atoms with Gasteiger partial charge >= 0.3 is 5.97 Å². The molecule has 0 saturated carbocycles. The van der Waals surface area contributed by atoms with Crippen molar-refractivity contribution in [1.29, 1.82) is 0 Å². The zero-order valence-electron chi connectivity index (χ0n) is 27.5. The summed E-state index contributed by atoms with van der Waals surface area (Å²) in [5.41, 5.74) is 10.1. The van der Waals surface area contributed by atoms with Crippen LogP contribution in [0, 0.1) is 5.92 Å². The van der Waals surface area contributed by atoms with Gasteiger partial charge in [0.1, 0.15) is 24.2 Å². The Labute approximate surface area is 285 Å². The van der Waals surface area contributed by atoms with E-state index in [1.807, 2.05) is 0 Å². The van der Waals surface area contributed by atoms with Crippen LogP contribution in [0.4, 0.5) is 0 Å². The van der Waals surface area contributed by atoms with Crippen molar-refractivity contribution in [3.05, 3.63) is 0 Å². The molecule has 0 aromatic heterocycles. The van der Waals surface area contributed by atoms with Gasteiger partial charge in [-0.2, -0.15) is 0 Å². The topological polar surface area (TPSA) is 380 Å². The van der Waals surface area contributed by atoms with Crippen molar-refractivity contribution < 1.29 is 63.3 Å². The van der Waals surface area contributed by atoms with Gasteiger partial charge in [0, 0.05) is 6.42 Å². The van der Waals surface area contributed by atoms with E-state index in [4.69, 9.17) is 11.5 Å². The summed E-state index contributed by atoms with van der Waals surface area (Å²) in [6.45, 7) is -1.26. The number of aliphatic hydroxyl groups is 2. The lowest BCUT2D eigenvalue weighted by atomic mass is 10.0. The molecule has 0 spiro atoms. The first-order chi connectivity index (χ1) is 23.4. The minimum Gasteiger partial charge on any atom is -0.480 e. The Morgan fingerprint density at radius 1 is 0.560 bits per heavy atom. The molecule has 0 aliphatic heterocycles. The number of hydrogen-bond acceptors (Lipinski definition) is 13. The number of carboxylic acid groups (broad SMARTS) is 1. The summed E-state index contributed by atoms with van der Waals surface area (Å²) in [6.07, 6.45) is -0.591. The van der Waals surface area contributed by atoms with E-state index in [0.717, 1.165) is 0 Å². The van der Waals surface area contributed by atoms with Crippen LogP contribution in [0.2, 0.25) is 0 Å². The van der Waals surface area contributed by atoms with Gasteiger partial charge in [0.15, 0.2) is 0 Å². The lowest BCUT2D eigenvalue weighted by molar-refractivity contribution is -0.142. The number of aliphatic hydroxyl groups excluding tert-OH is 2. The van der Waals surface area contributed by atoms with E-state index in [9.17, 15) is 63.3 Å². The molecule has 0 saturated heterocycles. The number of aliphatic carboxylic acids is 1. The van der Waals surface area contributed by atoms with Crippen LogP contribution in [0.3, 0.4) is 0 Å². The quantitative estimate of drug-likeness (QED) is 0.0441. The Hall–Kier alpha value is -5.42. The average Bonchev–Trinajstić information content (AvgIpc) is 3.06. The molecule has 0 aromatic rings. The van der Waals surface area contributed by atoms with E-state index >= 15 is 0 Å². The molecule has 0 unspecified atom stereocenters. The van der Waals surface area contributed by atoms with E-state index in [2.05, 4.69) is 42.5 Å². The van der Waals surface area contributed by atoms with Crippen LogP contribution in [0.5, 0.6) is 0 Å². The van der Waals surface area contributed by atoms with Gasteiger partial charge < -0.3 is 69.3 Å².